The molecule has 4 N–H and O–H groups in total. The summed E-state index contributed by atoms with van der Waals surface area (Å²) in [7, 11) is 0. The third-order valence-corrected chi connectivity index (χ3v) is 0.602. The summed E-state index contributed by atoms with van der Waals surface area (Å²) in [4.78, 5) is 0. The van der Waals surface area contributed by atoms with Crippen LogP contribution in [0.1, 0.15) is 6.92 Å². The predicted octanol–water partition coefficient (Wildman–Crippen LogP) is -1.68. The van der Waals surface area contributed by atoms with Crippen LogP contribution in [0.15, 0.2) is 0 Å². The molecule has 0 rings (SSSR count). The fourth-order valence-electron chi connectivity index (χ4n) is 0.176. The molecule has 0 aliphatic rings. The van der Waals surface area contributed by atoms with Gasteiger partial charge in [-0.25, -0.2) is 0 Å². The summed E-state index contributed by atoms with van der Waals surface area (Å²) in [5.41, 5.74) is 10.7. The fourth-order valence-corrected chi connectivity index (χ4v) is 0.327. The van der Waals surface area contributed by atoms with E-state index in [1.165, 1.54) is 0 Å². The summed E-state index contributed by atoms with van der Waals surface area (Å²) in [5, 5.41) is 0. The Balaban J connectivity index is 2.82. The third-order valence-electron chi connectivity index (χ3n) is 0.388. The topological polar surface area (TPSA) is 50.1 Å². The van der Waals surface area contributed by atoms with Gasteiger partial charge in [0.25, 0.3) is 0 Å². The molecule has 0 unspecified atom stereocenters. The Bertz CT molecular complexity index is 63.2. The number of nitrogens with one attached hydrogen (secondary N) is 2. The first-order valence-corrected chi connectivity index (χ1v) is 2.91. The molecule has 0 aromatic carbocycles. The Morgan fingerprint density at radius 2 is 2.43 bits per heavy atom. The molecule has 0 spiro atoms. The van der Waals surface area contributed by atoms with Crippen molar-refractivity contribution in [2.75, 3.05) is 6.54 Å². The molecule has 3 nitrogen and oxygen atoms in total. The molecule has 0 saturated heterocycles. The molecule has 0 heterocycles. The molecule has 42 valence electrons. The minimum absolute atomic E-state index is 0.571. The van der Waals surface area contributed by atoms with Gasteiger partial charge in [-0.2, -0.15) is 0 Å². The van der Waals surface area contributed by atoms with Crippen LogP contribution in [-0.2, 0) is 0 Å². The van der Waals surface area contributed by atoms with E-state index >= 15 is 0 Å². The van der Waals surface area contributed by atoms with Crippen molar-refractivity contribution in [3.8, 4) is 0 Å². The van der Waals surface area contributed by atoms with Crippen LogP contribution >= 0.6 is 0 Å². The maximum atomic E-state index is 5.17. The van der Waals surface area contributed by atoms with Crippen LogP contribution in [0, 0.1) is 0 Å². The number of hydrogen-bond donors (Lipinski definition) is 3. The SMILES string of the molecule is CCNNC(N)=[Se]. The quantitative estimate of drug-likeness (QED) is 0.346. The maximum absolute atomic E-state index is 5.17. The van der Waals surface area contributed by atoms with Gasteiger partial charge in [-0.1, -0.05) is 0 Å². The predicted molar refractivity (Wildman–Crippen MR) is 31.8 cm³/mol. The van der Waals surface area contributed by atoms with Crippen molar-refractivity contribution in [3.63, 3.8) is 0 Å². The molecule has 4 heteroatoms. The Labute approximate surface area is 51.0 Å². The minimum atomic E-state index is 0.571. The van der Waals surface area contributed by atoms with Gasteiger partial charge in [0, 0.05) is 0 Å². The van der Waals surface area contributed by atoms with E-state index in [1.807, 2.05) is 6.92 Å². The molecule has 0 fully saturated rings. The third kappa shape index (κ3) is 5.95. The van der Waals surface area contributed by atoms with Crippen LogP contribution in [0.5, 0.6) is 0 Å². The molecule has 7 heavy (non-hydrogen) atoms. The monoisotopic (exact) mass is 167 g/mol. The van der Waals surface area contributed by atoms with E-state index < -0.39 is 0 Å². The van der Waals surface area contributed by atoms with E-state index in [-0.39, 0.29) is 0 Å². The number of rotatable bonds is 3. The average molecular weight is 166 g/mol. The molecule has 0 bridgehead atoms. The van der Waals surface area contributed by atoms with Gasteiger partial charge in [0.2, 0.25) is 0 Å². The molecule has 0 aromatic rings. The van der Waals surface area contributed by atoms with E-state index in [1.54, 1.807) is 0 Å². The summed E-state index contributed by atoms with van der Waals surface area (Å²) in [6.45, 7) is 2.85. The van der Waals surface area contributed by atoms with Gasteiger partial charge in [0.1, 0.15) is 0 Å². The van der Waals surface area contributed by atoms with Crippen molar-refractivity contribution in [1.82, 2.24) is 10.9 Å². The van der Waals surface area contributed by atoms with Crippen molar-refractivity contribution < 1.29 is 0 Å². The van der Waals surface area contributed by atoms with Crippen molar-refractivity contribution in [2.24, 2.45) is 5.73 Å². The Kier molecular flexibility index (Phi) is 4.09. The standard InChI is InChI=1S/C3H9N3Se/c1-2-5-6-3(4)7/h5H,2H2,1H3,(H3,4,6,7). The molecular formula is C3H9N3Se. The summed E-state index contributed by atoms with van der Waals surface area (Å²) in [6.07, 6.45) is 0. The van der Waals surface area contributed by atoms with E-state index in [0.717, 1.165) is 6.54 Å². The van der Waals surface area contributed by atoms with Gasteiger partial charge < -0.3 is 0 Å². The zero-order valence-electron chi connectivity index (χ0n) is 4.19. The van der Waals surface area contributed by atoms with Crippen LogP contribution < -0.4 is 16.6 Å². The fraction of sp³-hybridized carbons (Fsp3) is 0.667. The molecular weight excluding hydrogens is 157 g/mol. The van der Waals surface area contributed by atoms with Gasteiger partial charge in [0.05, 0.1) is 0 Å². The van der Waals surface area contributed by atoms with Crippen molar-refractivity contribution in [3.05, 3.63) is 0 Å². The van der Waals surface area contributed by atoms with Gasteiger partial charge in [-0.05, 0) is 0 Å². The van der Waals surface area contributed by atoms with Gasteiger partial charge >= 0.3 is 50.3 Å². The zero-order chi connectivity index (χ0) is 5.70. The normalized spacial score (nSPS) is 8.14. The second kappa shape index (κ2) is 4.12. The van der Waals surface area contributed by atoms with Crippen LogP contribution in [0.3, 0.4) is 0 Å². The molecule has 0 aliphatic carbocycles. The first-order valence-electron chi connectivity index (χ1n) is 2.05. The first kappa shape index (κ1) is 6.95. The number of hydrazine groups is 1. The summed E-state index contributed by atoms with van der Waals surface area (Å²) in [5.74, 6) is 0. The van der Waals surface area contributed by atoms with Gasteiger partial charge in [-0.15, -0.1) is 0 Å². The van der Waals surface area contributed by atoms with Crippen molar-refractivity contribution >= 4 is 20.2 Å². The van der Waals surface area contributed by atoms with Crippen LogP contribution in [0.25, 0.3) is 0 Å². The zero-order valence-corrected chi connectivity index (χ0v) is 5.91. The number of nitrogens with two attached hydrogens (primary N) is 1. The summed E-state index contributed by atoms with van der Waals surface area (Å²) >= 11 is 2.60. The summed E-state index contributed by atoms with van der Waals surface area (Å²) < 4.78 is 0.571. The molecule has 0 aromatic heterocycles. The second-order valence-corrected chi connectivity index (χ2v) is 1.94. The Morgan fingerprint density at radius 1 is 1.86 bits per heavy atom. The van der Waals surface area contributed by atoms with Crippen LogP contribution in [0.4, 0.5) is 0 Å². The van der Waals surface area contributed by atoms with E-state index in [9.17, 15) is 0 Å². The molecule has 0 atom stereocenters. The van der Waals surface area contributed by atoms with Crippen LogP contribution in [0.2, 0.25) is 0 Å². The Morgan fingerprint density at radius 3 is 2.57 bits per heavy atom. The van der Waals surface area contributed by atoms with E-state index in [4.69, 9.17) is 5.73 Å². The molecule has 0 aliphatic heterocycles. The molecule has 0 amide bonds. The van der Waals surface area contributed by atoms with E-state index in [2.05, 4.69) is 26.4 Å². The number of hydrogen-bond acceptors (Lipinski definition) is 3. The van der Waals surface area contributed by atoms with Gasteiger partial charge in [-0.3, -0.25) is 0 Å². The Hall–Kier alpha value is -0.0505. The first-order chi connectivity index (χ1) is 3.27. The molecule has 0 radical (unpaired) electrons. The van der Waals surface area contributed by atoms with Crippen molar-refractivity contribution in [2.45, 2.75) is 6.92 Å². The van der Waals surface area contributed by atoms with Crippen molar-refractivity contribution in [1.29, 1.82) is 0 Å². The summed E-state index contributed by atoms with van der Waals surface area (Å²) in [6, 6.07) is 0. The van der Waals surface area contributed by atoms with E-state index in [0.29, 0.717) is 4.67 Å². The van der Waals surface area contributed by atoms with Crippen LogP contribution in [-0.4, -0.2) is 26.8 Å². The second-order valence-electron chi connectivity index (χ2n) is 1.02. The molecule has 0 saturated carbocycles. The average Bonchev–Trinajstić information content (AvgIpc) is 1.61. The van der Waals surface area contributed by atoms with Gasteiger partial charge in [0.15, 0.2) is 0 Å².